The fraction of sp³-hybridized carbons (Fsp3) is 0.429. The second-order valence-electron chi connectivity index (χ2n) is 6.85. The SMILES string of the molecule is Cl.Clc1ccc(COc2ccc(Cl)cc2CNC2CCCCCC2)c(Cl)c1. The van der Waals surface area contributed by atoms with E-state index in [1.165, 1.54) is 38.5 Å². The van der Waals surface area contributed by atoms with Gasteiger partial charge in [-0.1, -0.05) is 66.6 Å². The van der Waals surface area contributed by atoms with Crippen molar-refractivity contribution < 1.29 is 4.74 Å². The first kappa shape index (κ1) is 22.6. The van der Waals surface area contributed by atoms with Crippen molar-refractivity contribution in [2.45, 2.75) is 57.7 Å². The van der Waals surface area contributed by atoms with Crippen molar-refractivity contribution >= 4 is 47.2 Å². The van der Waals surface area contributed by atoms with Crippen LogP contribution in [0.25, 0.3) is 0 Å². The van der Waals surface area contributed by atoms with Crippen LogP contribution in [0.4, 0.5) is 0 Å². The Morgan fingerprint density at radius 1 is 0.852 bits per heavy atom. The molecular weight excluding hydrogens is 424 g/mol. The molecule has 1 aliphatic carbocycles. The summed E-state index contributed by atoms with van der Waals surface area (Å²) in [6.07, 6.45) is 7.82. The van der Waals surface area contributed by atoms with Crippen LogP contribution in [0.1, 0.15) is 49.7 Å². The van der Waals surface area contributed by atoms with Crippen LogP contribution in [0.3, 0.4) is 0 Å². The standard InChI is InChI=1S/C21H24Cl3NO.ClH/c22-17-9-10-21(26-14-15-7-8-18(23)12-20(15)24)16(11-17)13-25-19-5-3-1-2-4-6-19;/h7-12,19,25H,1-6,13-14H2;1H. The molecule has 0 spiro atoms. The summed E-state index contributed by atoms with van der Waals surface area (Å²) >= 11 is 18.4. The van der Waals surface area contributed by atoms with Gasteiger partial charge in [-0.2, -0.15) is 0 Å². The van der Waals surface area contributed by atoms with Crippen LogP contribution in [-0.4, -0.2) is 6.04 Å². The van der Waals surface area contributed by atoms with E-state index in [1.54, 1.807) is 6.07 Å². The van der Waals surface area contributed by atoms with Gasteiger partial charge in [-0.15, -0.1) is 12.4 Å². The molecule has 0 radical (unpaired) electrons. The van der Waals surface area contributed by atoms with Crippen molar-refractivity contribution in [3.8, 4) is 5.75 Å². The maximum absolute atomic E-state index is 6.24. The van der Waals surface area contributed by atoms with Crippen molar-refractivity contribution in [3.05, 3.63) is 62.6 Å². The fourth-order valence-corrected chi connectivity index (χ4v) is 4.02. The highest BCUT2D eigenvalue weighted by atomic mass is 35.5. The molecule has 1 saturated carbocycles. The topological polar surface area (TPSA) is 21.3 Å². The summed E-state index contributed by atoms with van der Waals surface area (Å²) in [6.45, 7) is 1.16. The van der Waals surface area contributed by atoms with E-state index < -0.39 is 0 Å². The normalized spacial score (nSPS) is 15.1. The highest BCUT2D eigenvalue weighted by Gasteiger charge is 2.13. The molecule has 0 aliphatic heterocycles. The van der Waals surface area contributed by atoms with Gasteiger partial charge in [0.25, 0.3) is 0 Å². The molecule has 1 fully saturated rings. The van der Waals surface area contributed by atoms with Crippen molar-refractivity contribution in [1.82, 2.24) is 5.32 Å². The molecular formula is C21H25Cl4NO. The average molecular weight is 449 g/mol. The lowest BCUT2D eigenvalue weighted by atomic mass is 10.1. The summed E-state index contributed by atoms with van der Waals surface area (Å²) in [5.74, 6) is 0.835. The number of benzene rings is 2. The van der Waals surface area contributed by atoms with E-state index >= 15 is 0 Å². The Bertz CT molecular complexity index is 730. The Hall–Kier alpha value is -0.640. The second-order valence-corrected chi connectivity index (χ2v) is 8.13. The van der Waals surface area contributed by atoms with Crippen molar-refractivity contribution in [3.63, 3.8) is 0 Å². The zero-order valence-corrected chi connectivity index (χ0v) is 18.2. The third-order valence-corrected chi connectivity index (χ3v) is 5.68. The molecule has 6 heteroatoms. The number of rotatable bonds is 6. The van der Waals surface area contributed by atoms with Crippen LogP contribution in [0.5, 0.6) is 5.75 Å². The molecule has 2 aromatic rings. The third kappa shape index (κ3) is 7.03. The average Bonchev–Trinajstić information content (AvgIpc) is 2.89. The fourth-order valence-electron chi connectivity index (χ4n) is 3.36. The second kappa shape index (κ2) is 11.4. The summed E-state index contributed by atoms with van der Waals surface area (Å²) in [5, 5.41) is 5.64. The van der Waals surface area contributed by atoms with Gasteiger partial charge >= 0.3 is 0 Å². The van der Waals surface area contributed by atoms with E-state index in [1.807, 2.05) is 30.3 Å². The van der Waals surface area contributed by atoms with Gasteiger partial charge in [0.2, 0.25) is 0 Å². The molecule has 2 aromatic carbocycles. The largest absolute Gasteiger partial charge is 0.489 e. The number of hydrogen-bond acceptors (Lipinski definition) is 2. The van der Waals surface area contributed by atoms with E-state index in [-0.39, 0.29) is 12.4 Å². The molecule has 148 valence electrons. The molecule has 0 aromatic heterocycles. The van der Waals surface area contributed by atoms with Crippen LogP contribution in [0, 0.1) is 0 Å². The number of halogens is 4. The van der Waals surface area contributed by atoms with E-state index in [9.17, 15) is 0 Å². The van der Waals surface area contributed by atoms with E-state index in [0.29, 0.717) is 22.7 Å². The molecule has 0 heterocycles. The van der Waals surface area contributed by atoms with Gasteiger partial charge in [-0.3, -0.25) is 0 Å². The van der Waals surface area contributed by atoms with Crippen molar-refractivity contribution in [2.24, 2.45) is 0 Å². The van der Waals surface area contributed by atoms with Crippen LogP contribution in [-0.2, 0) is 13.2 Å². The zero-order valence-electron chi connectivity index (χ0n) is 15.1. The number of nitrogens with one attached hydrogen (secondary N) is 1. The summed E-state index contributed by atoms with van der Waals surface area (Å²) in [7, 11) is 0. The molecule has 0 amide bonds. The first-order valence-corrected chi connectivity index (χ1v) is 10.3. The zero-order chi connectivity index (χ0) is 18.4. The lowest BCUT2D eigenvalue weighted by Crippen LogP contribution is -2.28. The van der Waals surface area contributed by atoms with Crippen molar-refractivity contribution in [2.75, 3.05) is 0 Å². The lowest BCUT2D eigenvalue weighted by Gasteiger charge is -2.18. The van der Waals surface area contributed by atoms with E-state index in [0.717, 1.165) is 28.4 Å². The Labute approximate surface area is 182 Å². The van der Waals surface area contributed by atoms with E-state index in [2.05, 4.69) is 5.32 Å². The van der Waals surface area contributed by atoms with Crippen molar-refractivity contribution in [1.29, 1.82) is 0 Å². The van der Waals surface area contributed by atoms with E-state index in [4.69, 9.17) is 39.5 Å². The Balaban J connectivity index is 0.00000261. The minimum Gasteiger partial charge on any atom is -0.489 e. The van der Waals surface area contributed by atoms with Gasteiger partial charge < -0.3 is 10.1 Å². The van der Waals surface area contributed by atoms with Gasteiger partial charge in [0, 0.05) is 38.8 Å². The van der Waals surface area contributed by atoms with Crippen LogP contribution in [0.2, 0.25) is 15.1 Å². The first-order chi connectivity index (χ1) is 12.6. The molecule has 3 rings (SSSR count). The summed E-state index contributed by atoms with van der Waals surface area (Å²) in [4.78, 5) is 0. The van der Waals surface area contributed by atoms with Gasteiger partial charge in [-0.25, -0.2) is 0 Å². The van der Waals surface area contributed by atoms with Gasteiger partial charge in [-0.05, 0) is 43.2 Å². The predicted octanol–water partition coefficient (Wildman–Crippen LogP) is 7.46. The first-order valence-electron chi connectivity index (χ1n) is 9.20. The highest BCUT2D eigenvalue weighted by Crippen LogP contribution is 2.27. The molecule has 1 N–H and O–H groups in total. The maximum Gasteiger partial charge on any atom is 0.124 e. The minimum atomic E-state index is 0. The molecule has 1 aliphatic rings. The summed E-state index contributed by atoms with van der Waals surface area (Å²) < 4.78 is 6.04. The predicted molar refractivity (Wildman–Crippen MR) is 118 cm³/mol. The molecule has 0 saturated heterocycles. The van der Waals surface area contributed by atoms with Gasteiger partial charge in [0.05, 0.1) is 0 Å². The highest BCUT2D eigenvalue weighted by molar-refractivity contribution is 6.35. The quantitative estimate of drug-likeness (QED) is 0.463. The van der Waals surface area contributed by atoms with Crippen LogP contribution >= 0.6 is 47.2 Å². The molecule has 2 nitrogen and oxygen atoms in total. The lowest BCUT2D eigenvalue weighted by molar-refractivity contribution is 0.301. The van der Waals surface area contributed by atoms with Crippen LogP contribution in [0.15, 0.2) is 36.4 Å². The smallest absolute Gasteiger partial charge is 0.124 e. The molecule has 27 heavy (non-hydrogen) atoms. The Kier molecular flexibility index (Phi) is 9.55. The van der Waals surface area contributed by atoms with Gasteiger partial charge in [0.15, 0.2) is 0 Å². The monoisotopic (exact) mass is 447 g/mol. The summed E-state index contributed by atoms with van der Waals surface area (Å²) in [5.41, 5.74) is 1.99. The third-order valence-electron chi connectivity index (χ3n) is 4.86. The Morgan fingerprint density at radius 3 is 2.22 bits per heavy atom. The maximum atomic E-state index is 6.24. The van der Waals surface area contributed by atoms with Crippen LogP contribution < -0.4 is 10.1 Å². The number of hydrogen-bond donors (Lipinski definition) is 1. The number of ether oxygens (including phenoxy) is 1. The van der Waals surface area contributed by atoms with Gasteiger partial charge in [0.1, 0.15) is 12.4 Å². The molecule has 0 bridgehead atoms. The molecule has 0 atom stereocenters. The summed E-state index contributed by atoms with van der Waals surface area (Å²) in [6, 6.07) is 11.8. The molecule has 0 unspecified atom stereocenters. The minimum absolute atomic E-state index is 0. The Morgan fingerprint density at radius 2 is 1.52 bits per heavy atom.